The molecule has 0 aliphatic carbocycles. The minimum absolute atomic E-state index is 0.0720. The van der Waals surface area contributed by atoms with Crippen molar-refractivity contribution in [2.45, 2.75) is 83.6 Å². The van der Waals surface area contributed by atoms with Crippen molar-refractivity contribution in [3.63, 3.8) is 0 Å². The normalized spacial score (nSPS) is 19.3. The van der Waals surface area contributed by atoms with Gasteiger partial charge in [0.15, 0.2) is 0 Å². The molecule has 0 spiro atoms. The predicted molar refractivity (Wildman–Crippen MR) is 81.3 cm³/mol. The van der Waals surface area contributed by atoms with E-state index >= 15 is 0 Å². The van der Waals surface area contributed by atoms with Gasteiger partial charge in [0.1, 0.15) is 0 Å². The first-order chi connectivity index (χ1) is 9.34. The third-order valence-electron chi connectivity index (χ3n) is 3.96. The molecule has 1 aliphatic heterocycles. The average molecular weight is 268 g/mol. The summed E-state index contributed by atoms with van der Waals surface area (Å²) in [4.78, 5) is 11.8. The highest BCUT2D eigenvalue weighted by Gasteiger charge is 2.19. The summed E-state index contributed by atoms with van der Waals surface area (Å²) in [5, 5.41) is 6.35. The lowest BCUT2D eigenvalue weighted by atomic mass is 10.0. The van der Waals surface area contributed by atoms with Crippen LogP contribution < -0.4 is 10.6 Å². The fourth-order valence-electron chi connectivity index (χ4n) is 2.67. The topological polar surface area (TPSA) is 41.1 Å². The largest absolute Gasteiger partial charge is 0.355 e. The molecule has 19 heavy (non-hydrogen) atoms. The molecule has 112 valence electrons. The zero-order chi connectivity index (χ0) is 13.8. The molecule has 0 bridgehead atoms. The van der Waals surface area contributed by atoms with Crippen LogP contribution in [0.15, 0.2) is 0 Å². The molecule has 3 nitrogen and oxygen atoms in total. The lowest BCUT2D eigenvalue weighted by molar-refractivity contribution is -0.123. The molecule has 2 N–H and O–H groups in total. The molecule has 1 rings (SSSR count). The quantitative estimate of drug-likeness (QED) is 0.596. The SMILES string of the molecule is CCCCCCCCCCNC(=O)[C@@H]1CCCCN1. The van der Waals surface area contributed by atoms with Crippen LogP contribution in [0.5, 0.6) is 0 Å². The zero-order valence-electron chi connectivity index (χ0n) is 12.7. The maximum absolute atomic E-state index is 11.8. The summed E-state index contributed by atoms with van der Waals surface area (Å²) in [6, 6.07) is 0.0720. The van der Waals surface area contributed by atoms with Gasteiger partial charge < -0.3 is 10.6 Å². The summed E-state index contributed by atoms with van der Waals surface area (Å²) in [7, 11) is 0. The standard InChI is InChI=1S/C16H32N2O/c1-2-3-4-5-6-7-8-10-14-18-16(19)15-12-9-11-13-17-15/h15,17H,2-14H2,1H3,(H,18,19)/t15-/m0/s1. The van der Waals surface area contributed by atoms with E-state index in [0.29, 0.717) is 0 Å². The van der Waals surface area contributed by atoms with Gasteiger partial charge in [-0.3, -0.25) is 4.79 Å². The number of nitrogens with one attached hydrogen (secondary N) is 2. The third-order valence-corrected chi connectivity index (χ3v) is 3.96. The summed E-state index contributed by atoms with van der Waals surface area (Å²) >= 11 is 0. The second kappa shape index (κ2) is 11.3. The van der Waals surface area contributed by atoms with Crippen LogP contribution in [0.4, 0.5) is 0 Å². The van der Waals surface area contributed by atoms with E-state index in [1.165, 1.54) is 57.8 Å². The van der Waals surface area contributed by atoms with Crippen molar-refractivity contribution in [2.24, 2.45) is 0 Å². The van der Waals surface area contributed by atoms with Crippen molar-refractivity contribution < 1.29 is 4.79 Å². The fraction of sp³-hybridized carbons (Fsp3) is 0.938. The summed E-state index contributed by atoms with van der Waals surface area (Å²) < 4.78 is 0. The van der Waals surface area contributed by atoms with Gasteiger partial charge >= 0.3 is 0 Å². The van der Waals surface area contributed by atoms with Crippen molar-refractivity contribution in [1.29, 1.82) is 0 Å². The highest BCUT2D eigenvalue weighted by atomic mass is 16.2. The zero-order valence-corrected chi connectivity index (χ0v) is 12.7. The molecule has 0 aromatic carbocycles. The second-order valence-corrected chi connectivity index (χ2v) is 5.77. The molecule has 1 atom stereocenters. The molecule has 0 saturated carbocycles. The number of rotatable bonds is 10. The molecule has 0 aromatic heterocycles. The number of unbranched alkanes of at least 4 members (excludes halogenated alkanes) is 7. The van der Waals surface area contributed by atoms with Crippen LogP contribution in [0.3, 0.4) is 0 Å². The summed E-state index contributed by atoms with van der Waals surface area (Å²) in [5.41, 5.74) is 0. The number of piperidine rings is 1. The number of carbonyl (C=O) groups excluding carboxylic acids is 1. The summed E-state index contributed by atoms with van der Waals surface area (Å²) in [6.07, 6.45) is 13.9. The molecular formula is C16H32N2O. The van der Waals surface area contributed by atoms with Gasteiger partial charge in [-0.05, 0) is 25.8 Å². The average Bonchev–Trinajstić information content (AvgIpc) is 2.46. The minimum atomic E-state index is 0.0720. The van der Waals surface area contributed by atoms with E-state index < -0.39 is 0 Å². The highest BCUT2D eigenvalue weighted by molar-refractivity contribution is 5.81. The Balaban J connectivity index is 1.86. The number of amides is 1. The molecule has 1 amide bonds. The van der Waals surface area contributed by atoms with E-state index in [2.05, 4.69) is 17.6 Å². The maximum atomic E-state index is 11.8. The van der Waals surface area contributed by atoms with Gasteiger partial charge in [-0.1, -0.05) is 58.3 Å². The summed E-state index contributed by atoms with van der Waals surface area (Å²) in [6.45, 7) is 4.10. The van der Waals surface area contributed by atoms with Gasteiger partial charge in [0, 0.05) is 6.54 Å². The van der Waals surface area contributed by atoms with Gasteiger partial charge in [0.2, 0.25) is 5.91 Å². The van der Waals surface area contributed by atoms with Crippen LogP contribution in [0, 0.1) is 0 Å². The van der Waals surface area contributed by atoms with Crippen LogP contribution in [0.2, 0.25) is 0 Å². The number of hydrogen-bond acceptors (Lipinski definition) is 2. The lowest BCUT2D eigenvalue weighted by Crippen LogP contribution is -2.46. The monoisotopic (exact) mass is 268 g/mol. The van der Waals surface area contributed by atoms with E-state index in [4.69, 9.17) is 0 Å². The van der Waals surface area contributed by atoms with Gasteiger partial charge in [-0.25, -0.2) is 0 Å². The Hall–Kier alpha value is -0.570. The van der Waals surface area contributed by atoms with Gasteiger partial charge in [-0.15, -0.1) is 0 Å². The highest BCUT2D eigenvalue weighted by Crippen LogP contribution is 2.09. The van der Waals surface area contributed by atoms with Crippen LogP contribution in [0.25, 0.3) is 0 Å². The van der Waals surface area contributed by atoms with Crippen LogP contribution >= 0.6 is 0 Å². The Morgan fingerprint density at radius 3 is 2.37 bits per heavy atom. The predicted octanol–water partition coefficient (Wildman–Crippen LogP) is 3.39. The number of hydrogen-bond donors (Lipinski definition) is 2. The minimum Gasteiger partial charge on any atom is -0.355 e. The number of carbonyl (C=O) groups is 1. The van der Waals surface area contributed by atoms with Crippen LogP contribution in [-0.4, -0.2) is 25.0 Å². The molecule has 0 aromatic rings. The van der Waals surface area contributed by atoms with Crippen LogP contribution in [-0.2, 0) is 4.79 Å². The van der Waals surface area contributed by atoms with Crippen LogP contribution in [0.1, 0.15) is 77.6 Å². The molecule has 0 unspecified atom stereocenters. The Kier molecular flexibility index (Phi) is 9.78. The first-order valence-electron chi connectivity index (χ1n) is 8.35. The van der Waals surface area contributed by atoms with Crippen molar-refractivity contribution in [3.05, 3.63) is 0 Å². The Labute approximate surface area is 118 Å². The Morgan fingerprint density at radius 2 is 1.74 bits per heavy atom. The molecular weight excluding hydrogens is 236 g/mol. The molecule has 1 aliphatic rings. The maximum Gasteiger partial charge on any atom is 0.237 e. The van der Waals surface area contributed by atoms with Crippen molar-refractivity contribution in [2.75, 3.05) is 13.1 Å². The Bertz CT molecular complexity index is 225. The fourth-order valence-corrected chi connectivity index (χ4v) is 2.67. The molecule has 3 heteroatoms. The molecule has 1 saturated heterocycles. The van der Waals surface area contributed by atoms with Gasteiger partial charge in [0.05, 0.1) is 6.04 Å². The summed E-state index contributed by atoms with van der Waals surface area (Å²) in [5.74, 6) is 0.211. The first-order valence-corrected chi connectivity index (χ1v) is 8.35. The van der Waals surface area contributed by atoms with Gasteiger partial charge in [-0.2, -0.15) is 0 Å². The second-order valence-electron chi connectivity index (χ2n) is 5.77. The van der Waals surface area contributed by atoms with E-state index in [1.807, 2.05) is 0 Å². The van der Waals surface area contributed by atoms with E-state index in [-0.39, 0.29) is 11.9 Å². The molecule has 1 heterocycles. The third kappa shape index (κ3) is 8.25. The van der Waals surface area contributed by atoms with E-state index in [0.717, 1.165) is 25.9 Å². The van der Waals surface area contributed by atoms with E-state index in [1.54, 1.807) is 0 Å². The van der Waals surface area contributed by atoms with Crippen molar-refractivity contribution >= 4 is 5.91 Å². The Morgan fingerprint density at radius 1 is 1.05 bits per heavy atom. The smallest absolute Gasteiger partial charge is 0.237 e. The van der Waals surface area contributed by atoms with Gasteiger partial charge in [0.25, 0.3) is 0 Å². The van der Waals surface area contributed by atoms with Crippen molar-refractivity contribution in [3.8, 4) is 0 Å². The van der Waals surface area contributed by atoms with E-state index in [9.17, 15) is 4.79 Å². The lowest BCUT2D eigenvalue weighted by Gasteiger charge is -2.22. The first kappa shape index (κ1) is 16.5. The molecule has 1 fully saturated rings. The van der Waals surface area contributed by atoms with Crippen molar-refractivity contribution in [1.82, 2.24) is 10.6 Å². The molecule has 0 radical (unpaired) electrons.